The standard InChI is InChI=1S/C22H21ClF3NO5S/c23-15-4-3-11(21(29)27-14-6-16(24)19(26)17(25)7-14)5-18(15)33(31,32)20-12-1-2-13(20)9-22(30,8-12)10-28/h3-7,12-13,20,28,30H,1-2,8-10H2,(H,27,29)/t12-,13?,20?,22?/m0/s1/i1D2,2D2,20D. The van der Waals surface area contributed by atoms with E-state index in [9.17, 15) is 36.6 Å². The number of carbonyl (C=O) groups excluding carboxylic acids is 1. The summed E-state index contributed by atoms with van der Waals surface area (Å²) in [6.45, 7) is -0.913. The molecule has 6 nitrogen and oxygen atoms in total. The number of nitrogens with one attached hydrogen (secondary N) is 1. The molecule has 0 aliphatic heterocycles. The maximum Gasteiger partial charge on any atom is 0.255 e. The van der Waals surface area contributed by atoms with E-state index in [1.807, 2.05) is 0 Å². The largest absolute Gasteiger partial charge is 0.393 e. The summed E-state index contributed by atoms with van der Waals surface area (Å²) in [5.41, 5.74) is -2.93. The monoisotopic (exact) mass is 508 g/mol. The predicted molar refractivity (Wildman–Crippen MR) is 114 cm³/mol. The fourth-order valence-corrected chi connectivity index (χ4v) is 6.36. The Bertz CT molecular complexity index is 1400. The van der Waals surface area contributed by atoms with Crippen molar-refractivity contribution in [2.24, 2.45) is 11.8 Å². The van der Waals surface area contributed by atoms with Crippen molar-refractivity contribution >= 4 is 33.0 Å². The summed E-state index contributed by atoms with van der Waals surface area (Å²) in [6, 6.07) is 3.78. The molecule has 3 N–H and O–H groups in total. The zero-order valence-electron chi connectivity index (χ0n) is 21.7. The molecule has 2 aromatic rings. The van der Waals surface area contributed by atoms with Crippen LogP contribution in [-0.4, -0.2) is 42.0 Å². The van der Waals surface area contributed by atoms with Gasteiger partial charge in [0.25, 0.3) is 5.91 Å². The van der Waals surface area contributed by atoms with Crippen molar-refractivity contribution < 1.29 is 43.5 Å². The van der Waals surface area contributed by atoms with Gasteiger partial charge in [-0.25, -0.2) is 21.6 Å². The van der Waals surface area contributed by atoms with Crippen molar-refractivity contribution in [3.8, 4) is 0 Å². The lowest BCUT2D eigenvalue weighted by Crippen LogP contribution is -2.48. The first-order chi connectivity index (χ1) is 17.3. The third kappa shape index (κ3) is 4.37. The van der Waals surface area contributed by atoms with Crippen LogP contribution < -0.4 is 5.32 Å². The molecule has 1 amide bonds. The van der Waals surface area contributed by atoms with Crippen molar-refractivity contribution in [3.05, 3.63) is 58.4 Å². The van der Waals surface area contributed by atoms with Crippen molar-refractivity contribution in [3.63, 3.8) is 0 Å². The summed E-state index contributed by atoms with van der Waals surface area (Å²) in [7, 11) is -5.06. The number of hydrogen-bond donors (Lipinski definition) is 3. The minimum Gasteiger partial charge on any atom is -0.393 e. The van der Waals surface area contributed by atoms with Crippen molar-refractivity contribution in [1.29, 1.82) is 0 Å². The van der Waals surface area contributed by atoms with Gasteiger partial charge in [0.15, 0.2) is 27.3 Å². The van der Waals surface area contributed by atoms with Crippen LogP contribution >= 0.6 is 11.6 Å². The van der Waals surface area contributed by atoms with Gasteiger partial charge in [0.2, 0.25) is 0 Å². The fourth-order valence-electron chi connectivity index (χ4n) is 4.04. The third-order valence-corrected chi connectivity index (χ3v) is 8.16. The van der Waals surface area contributed by atoms with E-state index in [0.717, 1.165) is 18.2 Å². The summed E-state index contributed by atoms with van der Waals surface area (Å²) >= 11 is 6.12. The molecule has 0 spiro atoms. The van der Waals surface area contributed by atoms with Gasteiger partial charge in [-0.1, -0.05) is 11.6 Å². The Balaban J connectivity index is 1.78. The van der Waals surface area contributed by atoms with Gasteiger partial charge in [-0.05, 0) is 55.6 Å². The number of sulfone groups is 1. The average Bonchev–Trinajstić information content (AvgIpc) is 2.89. The van der Waals surface area contributed by atoms with E-state index >= 15 is 0 Å². The number of rotatable bonds is 5. The van der Waals surface area contributed by atoms with E-state index in [-0.39, 0.29) is 0 Å². The quantitative estimate of drug-likeness (QED) is 0.534. The number of aliphatic hydroxyl groups excluding tert-OH is 1. The van der Waals surface area contributed by atoms with Crippen LogP contribution in [0.1, 0.15) is 42.8 Å². The SMILES string of the molecule is [2H]C1([2H])C2CC(O)(CO)C[C@H](C1([2H])[2H])C2([2H])S(=O)(=O)c1cc(C(=O)Nc2cc(F)c(F)c(F)c2)ccc1Cl. The Morgan fingerprint density at radius 3 is 2.30 bits per heavy atom. The summed E-state index contributed by atoms with van der Waals surface area (Å²) in [4.78, 5) is 11.9. The van der Waals surface area contributed by atoms with Crippen LogP contribution in [-0.2, 0) is 9.84 Å². The number of fused-ring (bicyclic) bond motifs is 2. The van der Waals surface area contributed by atoms with Gasteiger partial charge < -0.3 is 15.5 Å². The van der Waals surface area contributed by atoms with Crippen LogP contribution in [0.3, 0.4) is 0 Å². The Kier molecular flexibility index (Phi) is 4.73. The third-order valence-electron chi connectivity index (χ3n) is 5.62. The molecule has 0 aromatic heterocycles. The molecule has 0 radical (unpaired) electrons. The Morgan fingerprint density at radius 1 is 1.18 bits per heavy atom. The molecule has 4 rings (SSSR count). The maximum absolute atomic E-state index is 13.9. The molecule has 0 heterocycles. The summed E-state index contributed by atoms with van der Waals surface area (Å²) in [5, 5.41) is 19.0. The second kappa shape index (κ2) is 8.57. The first-order valence-corrected chi connectivity index (χ1v) is 11.5. The molecule has 33 heavy (non-hydrogen) atoms. The molecule has 2 aliphatic rings. The van der Waals surface area contributed by atoms with Crippen LogP contribution in [0.2, 0.25) is 5.02 Å². The summed E-state index contributed by atoms with van der Waals surface area (Å²) < 4.78 is 110. The summed E-state index contributed by atoms with van der Waals surface area (Å²) in [5.74, 6) is -9.91. The normalized spacial score (nSPS) is 34.4. The highest BCUT2D eigenvalue weighted by atomic mass is 35.5. The predicted octanol–water partition coefficient (Wildman–Crippen LogP) is 3.70. The topological polar surface area (TPSA) is 104 Å². The van der Waals surface area contributed by atoms with Crippen molar-refractivity contribution in [1.82, 2.24) is 0 Å². The highest BCUT2D eigenvalue weighted by Gasteiger charge is 2.54. The molecule has 0 saturated heterocycles. The Hall–Kier alpha value is -2.14. The minimum absolute atomic E-state index is 0.414. The molecule has 4 atom stereocenters. The molecular formula is C22H21ClF3NO5S. The molecule has 2 saturated carbocycles. The molecule has 2 fully saturated rings. The molecule has 2 bridgehead atoms. The Labute approximate surface area is 200 Å². The van der Waals surface area contributed by atoms with E-state index in [0.29, 0.717) is 12.1 Å². The van der Waals surface area contributed by atoms with Crippen LogP contribution in [0, 0.1) is 29.3 Å². The smallest absolute Gasteiger partial charge is 0.255 e. The summed E-state index contributed by atoms with van der Waals surface area (Å²) in [6.07, 6.45) is -7.31. The zero-order valence-corrected chi connectivity index (χ0v) is 18.3. The number of hydrogen-bond acceptors (Lipinski definition) is 5. The fraction of sp³-hybridized carbons (Fsp3) is 0.409. The van der Waals surface area contributed by atoms with Gasteiger partial charge >= 0.3 is 0 Å². The van der Waals surface area contributed by atoms with Gasteiger partial charge in [-0.3, -0.25) is 4.79 Å². The highest BCUT2D eigenvalue weighted by molar-refractivity contribution is 7.92. The minimum atomic E-state index is -5.06. The van der Waals surface area contributed by atoms with Crippen molar-refractivity contribution in [2.45, 2.75) is 41.3 Å². The van der Waals surface area contributed by atoms with E-state index < -0.39 is 109 Å². The van der Waals surface area contributed by atoms with Gasteiger partial charge in [-0.2, -0.15) is 0 Å². The lowest BCUT2D eigenvalue weighted by Gasteiger charge is -2.39. The first-order valence-electron chi connectivity index (χ1n) is 12.2. The second-order valence-electron chi connectivity index (χ2n) is 7.94. The van der Waals surface area contributed by atoms with Crippen LogP contribution in [0.5, 0.6) is 0 Å². The van der Waals surface area contributed by atoms with Crippen LogP contribution in [0.15, 0.2) is 35.2 Å². The molecule has 2 aliphatic carbocycles. The number of halogens is 4. The van der Waals surface area contributed by atoms with Gasteiger partial charge in [0.05, 0.1) is 27.4 Å². The molecule has 2 aromatic carbocycles. The molecular weight excluding hydrogens is 483 g/mol. The van der Waals surface area contributed by atoms with Gasteiger partial charge in [-0.15, -0.1) is 0 Å². The second-order valence-corrected chi connectivity index (χ2v) is 10.3. The van der Waals surface area contributed by atoms with Gasteiger partial charge in [0, 0.05) is 30.2 Å². The average molecular weight is 509 g/mol. The zero-order chi connectivity index (χ0) is 28.6. The number of amides is 1. The number of anilines is 1. The lowest BCUT2D eigenvalue weighted by molar-refractivity contribution is -0.0597. The van der Waals surface area contributed by atoms with Crippen LogP contribution in [0.4, 0.5) is 18.9 Å². The Morgan fingerprint density at radius 2 is 1.76 bits per heavy atom. The maximum atomic E-state index is 13.9. The molecule has 178 valence electrons. The van der Waals surface area contributed by atoms with E-state index in [1.54, 1.807) is 0 Å². The van der Waals surface area contributed by atoms with E-state index in [1.165, 1.54) is 0 Å². The number of aliphatic hydroxyl groups is 2. The molecule has 3 unspecified atom stereocenters. The lowest BCUT2D eigenvalue weighted by atomic mass is 9.77. The van der Waals surface area contributed by atoms with E-state index in [2.05, 4.69) is 5.32 Å². The van der Waals surface area contributed by atoms with Crippen LogP contribution in [0.25, 0.3) is 0 Å². The number of carbonyl (C=O) groups is 1. The highest BCUT2D eigenvalue weighted by Crippen LogP contribution is 2.51. The molecule has 11 heteroatoms. The van der Waals surface area contributed by atoms with Crippen molar-refractivity contribution in [2.75, 3.05) is 11.9 Å². The first kappa shape index (κ1) is 18.2. The number of benzene rings is 2. The van der Waals surface area contributed by atoms with E-state index in [4.69, 9.17) is 18.5 Å². The van der Waals surface area contributed by atoms with Gasteiger partial charge in [0.1, 0.15) is 0 Å².